The number of carbonyl (C=O) groups is 1. The van der Waals surface area contributed by atoms with Gasteiger partial charge in [-0.25, -0.2) is 9.78 Å². The molecule has 0 aliphatic heterocycles. The molecule has 4 aromatic rings. The number of aromatic amines is 2. The predicted molar refractivity (Wildman–Crippen MR) is 96.7 cm³/mol. The maximum Gasteiger partial charge on any atom is 0.325 e. The first-order chi connectivity index (χ1) is 12.2. The number of aromatic nitrogens is 3. The highest BCUT2D eigenvalue weighted by molar-refractivity contribution is 5.94. The van der Waals surface area contributed by atoms with Crippen LogP contribution in [0.5, 0.6) is 0 Å². The Balaban J connectivity index is 1.42. The third-order valence-corrected chi connectivity index (χ3v) is 4.12. The lowest BCUT2D eigenvalue weighted by atomic mass is 10.1. The highest BCUT2D eigenvalue weighted by Gasteiger charge is 2.09. The molecule has 2 heterocycles. The van der Waals surface area contributed by atoms with Crippen molar-refractivity contribution in [3.8, 4) is 0 Å². The van der Waals surface area contributed by atoms with Gasteiger partial charge in [0, 0.05) is 6.54 Å². The van der Waals surface area contributed by atoms with Gasteiger partial charge in [0.1, 0.15) is 5.69 Å². The highest BCUT2D eigenvalue weighted by Crippen LogP contribution is 2.15. The molecular weight excluding hydrogens is 316 g/mol. The average Bonchev–Trinajstić information content (AvgIpc) is 3.00. The summed E-state index contributed by atoms with van der Waals surface area (Å²) in [6.07, 6.45) is 0.736. The van der Waals surface area contributed by atoms with E-state index in [1.807, 2.05) is 12.1 Å². The topological polar surface area (TPSA) is 90.6 Å². The van der Waals surface area contributed by atoms with Crippen LogP contribution in [0.3, 0.4) is 0 Å². The molecule has 4 rings (SSSR count). The van der Waals surface area contributed by atoms with E-state index in [4.69, 9.17) is 0 Å². The van der Waals surface area contributed by atoms with Gasteiger partial charge in [0.2, 0.25) is 0 Å². The van der Waals surface area contributed by atoms with Crippen molar-refractivity contribution in [1.82, 2.24) is 20.3 Å². The Bertz CT molecular complexity index is 1130. The normalized spacial score (nSPS) is 11.0. The molecule has 0 bridgehead atoms. The van der Waals surface area contributed by atoms with Gasteiger partial charge in [-0.2, -0.15) is 0 Å². The van der Waals surface area contributed by atoms with Crippen molar-refractivity contribution in [3.05, 3.63) is 76.3 Å². The van der Waals surface area contributed by atoms with Crippen LogP contribution in [-0.4, -0.2) is 27.4 Å². The zero-order valence-corrected chi connectivity index (χ0v) is 13.4. The molecule has 3 N–H and O–H groups in total. The standard InChI is InChI=1S/C19H16N4O2/c24-18(16-8-7-15-17(21-16)23-19(25)22-15)20-10-9-12-5-6-13-3-1-2-4-14(13)11-12/h1-8,11H,9-10H2,(H,20,24)(H2,21,22,23,25). The van der Waals surface area contributed by atoms with Crippen LogP contribution >= 0.6 is 0 Å². The Morgan fingerprint density at radius 3 is 2.72 bits per heavy atom. The maximum absolute atomic E-state index is 12.2. The summed E-state index contributed by atoms with van der Waals surface area (Å²) >= 11 is 0. The van der Waals surface area contributed by atoms with Crippen LogP contribution in [0, 0.1) is 0 Å². The molecule has 0 aliphatic carbocycles. The number of rotatable bonds is 4. The summed E-state index contributed by atoms with van der Waals surface area (Å²) in [4.78, 5) is 32.8. The number of amides is 1. The summed E-state index contributed by atoms with van der Waals surface area (Å²) in [5.41, 5.74) is 2.07. The summed E-state index contributed by atoms with van der Waals surface area (Å²) in [5, 5.41) is 5.26. The second-order valence-electron chi connectivity index (χ2n) is 5.86. The van der Waals surface area contributed by atoms with Gasteiger partial charge in [0.15, 0.2) is 5.65 Å². The number of pyridine rings is 1. The van der Waals surface area contributed by atoms with E-state index in [1.165, 1.54) is 10.8 Å². The molecule has 0 atom stereocenters. The molecule has 0 saturated carbocycles. The van der Waals surface area contributed by atoms with E-state index in [-0.39, 0.29) is 17.3 Å². The van der Waals surface area contributed by atoms with Gasteiger partial charge in [-0.15, -0.1) is 0 Å². The third-order valence-electron chi connectivity index (χ3n) is 4.12. The molecule has 25 heavy (non-hydrogen) atoms. The van der Waals surface area contributed by atoms with Gasteiger partial charge >= 0.3 is 5.69 Å². The smallest absolute Gasteiger partial charge is 0.325 e. The molecule has 6 heteroatoms. The molecule has 0 aliphatic rings. The van der Waals surface area contributed by atoms with Crippen LogP contribution in [-0.2, 0) is 6.42 Å². The van der Waals surface area contributed by atoms with Gasteiger partial charge < -0.3 is 10.3 Å². The van der Waals surface area contributed by atoms with E-state index >= 15 is 0 Å². The van der Waals surface area contributed by atoms with Crippen molar-refractivity contribution in [3.63, 3.8) is 0 Å². The number of hydrogen-bond donors (Lipinski definition) is 3. The van der Waals surface area contributed by atoms with Crippen molar-refractivity contribution in [2.75, 3.05) is 6.54 Å². The number of nitrogens with one attached hydrogen (secondary N) is 3. The van der Waals surface area contributed by atoms with Crippen molar-refractivity contribution < 1.29 is 4.79 Å². The summed E-state index contributed by atoms with van der Waals surface area (Å²) in [5.74, 6) is -0.260. The first-order valence-corrected chi connectivity index (χ1v) is 8.04. The minimum atomic E-state index is -0.337. The van der Waals surface area contributed by atoms with Crippen LogP contribution in [0.15, 0.2) is 59.4 Å². The molecule has 6 nitrogen and oxygen atoms in total. The van der Waals surface area contributed by atoms with Gasteiger partial charge in [0.25, 0.3) is 5.91 Å². The quantitative estimate of drug-likeness (QED) is 0.536. The number of H-pyrrole nitrogens is 2. The van der Waals surface area contributed by atoms with Crippen LogP contribution in [0.25, 0.3) is 21.9 Å². The molecule has 2 aromatic carbocycles. The monoisotopic (exact) mass is 332 g/mol. The van der Waals surface area contributed by atoms with E-state index in [1.54, 1.807) is 12.1 Å². The van der Waals surface area contributed by atoms with Crippen molar-refractivity contribution in [2.45, 2.75) is 6.42 Å². The Morgan fingerprint density at radius 2 is 1.84 bits per heavy atom. The lowest BCUT2D eigenvalue weighted by Crippen LogP contribution is -2.26. The largest absolute Gasteiger partial charge is 0.350 e. The zero-order valence-electron chi connectivity index (χ0n) is 13.4. The van der Waals surface area contributed by atoms with E-state index < -0.39 is 0 Å². The molecule has 0 saturated heterocycles. The maximum atomic E-state index is 12.2. The van der Waals surface area contributed by atoms with Gasteiger partial charge in [-0.05, 0) is 34.9 Å². The summed E-state index contributed by atoms with van der Waals surface area (Å²) in [7, 11) is 0. The summed E-state index contributed by atoms with van der Waals surface area (Å²) in [6.45, 7) is 0.514. The second kappa shape index (κ2) is 6.24. The van der Waals surface area contributed by atoms with E-state index in [2.05, 4.69) is 50.6 Å². The molecule has 0 radical (unpaired) electrons. The summed E-state index contributed by atoms with van der Waals surface area (Å²) < 4.78 is 0. The molecule has 0 fully saturated rings. The average molecular weight is 332 g/mol. The molecule has 2 aromatic heterocycles. The highest BCUT2D eigenvalue weighted by atomic mass is 16.2. The second-order valence-corrected chi connectivity index (χ2v) is 5.86. The number of fused-ring (bicyclic) bond motifs is 2. The van der Waals surface area contributed by atoms with Crippen LogP contribution < -0.4 is 11.0 Å². The summed E-state index contributed by atoms with van der Waals surface area (Å²) in [6, 6.07) is 17.7. The number of benzene rings is 2. The molecule has 1 amide bonds. The minimum Gasteiger partial charge on any atom is -0.350 e. The number of carbonyl (C=O) groups excluding carboxylic acids is 1. The number of imidazole rings is 1. The lowest BCUT2D eigenvalue weighted by Gasteiger charge is -2.06. The SMILES string of the molecule is O=C(NCCc1ccc2ccccc2c1)c1ccc2[nH]c(=O)[nH]c2n1. The van der Waals surface area contributed by atoms with Crippen molar-refractivity contribution in [2.24, 2.45) is 0 Å². The van der Waals surface area contributed by atoms with Crippen LogP contribution in [0.1, 0.15) is 16.1 Å². The fraction of sp³-hybridized carbons (Fsp3) is 0.105. The fourth-order valence-corrected chi connectivity index (χ4v) is 2.85. The molecule has 0 unspecified atom stereocenters. The lowest BCUT2D eigenvalue weighted by molar-refractivity contribution is 0.0949. The molecule has 124 valence electrons. The van der Waals surface area contributed by atoms with E-state index in [0.717, 1.165) is 12.0 Å². The minimum absolute atomic E-state index is 0.260. The van der Waals surface area contributed by atoms with Crippen LogP contribution in [0.2, 0.25) is 0 Å². The Labute approximate surface area is 142 Å². The third kappa shape index (κ3) is 3.14. The number of nitrogens with zero attached hydrogens (tertiary/aromatic N) is 1. The van der Waals surface area contributed by atoms with Crippen molar-refractivity contribution >= 4 is 27.8 Å². The number of hydrogen-bond acceptors (Lipinski definition) is 3. The fourth-order valence-electron chi connectivity index (χ4n) is 2.85. The van der Waals surface area contributed by atoms with Crippen LogP contribution in [0.4, 0.5) is 0 Å². The van der Waals surface area contributed by atoms with Gasteiger partial charge in [-0.3, -0.25) is 9.78 Å². The van der Waals surface area contributed by atoms with Gasteiger partial charge in [0.05, 0.1) is 5.52 Å². The Kier molecular flexibility index (Phi) is 3.78. The first kappa shape index (κ1) is 15.1. The predicted octanol–water partition coefficient (Wildman–Crippen LogP) is 2.38. The Hall–Kier alpha value is -3.41. The molecular formula is C19H16N4O2. The van der Waals surface area contributed by atoms with E-state index in [0.29, 0.717) is 17.7 Å². The Morgan fingerprint density at radius 1 is 1.00 bits per heavy atom. The molecule has 0 spiro atoms. The van der Waals surface area contributed by atoms with E-state index in [9.17, 15) is 9.59 Å². The van der Waals surface area contributed by atoms with Gasteiger partial charge in [-0.1, -0.05) is 42.5 Å². The van der Waals surface area contributed by atoms with Crippen molar-refractivity contribution in [1.29, 1.82) is 0 Å². The zero-order chi connectivity index (χ0) is 17.2. The first-order valence-electron chi connectivity index (χ1n) is 8.04.